The molecule has 0 aliphatic rings. The van der Waals surface area contributed by atoms with Crippen LogP contribution in [0.3, 0.4) is 0 Å². The monoisotopic (exact) mass is 308 g/mol. The van der Waals surface area contributed by atoms with Crippen molar-refractivity contribution in [2.45, 2.75) is 39.8 Å². The van der Waals surface area contributed by atoms with E-state index in [0.29, 0.717) is 24.8 Å². The van der Waals surface area contributed by atoms with Crippen LogP contribution in [0.4, 0.5) is 4.79 Å². The molecule has 0 saturated heterocycles. The molecule has 21 heavy (non-hydrogen) atoms. The van der Waals surface area contributed by atoms with E-state index in [4.69, 9.17) is 0 Å². The molecule has 0 radical (unpaired) electrons. The minimum atomic E-state index is -0.170. The van der Waals surface area contributed by atoms with Crippen LogP contribution >= 0.6 is 11.3 Å². The van der Waals surface area contributed by atoms with Crippen molar-refractivity contribution < 1.29 is 4.79 Å². The molecule has 0 atom stereocenters. The Kier molecular flexibility index (Phi) is 4.89. The Morgan fingerprint density at radius 3 is 2.81 bits per heavy atom. The van der Waals surface area contributed by atoms with Crippen LogP contribution in [0, 0.1) is 6.92 Å². The number of nitrogens with one attached hydrogen (secondary N) is 2. The van der Waals surface area contributed by atoms with Crippen molar-refractivity contribution in [1.82, 2.24) is 30.4 Å². The molecule has 7 nitrogen and oxygen atoms in total. The van der Waals surface area contributed by atoms with Gasteiger partial charge in [-0.1, -0.05) is 13.8 Å². The lowest BCUT2D eigenvalue weighted by Gasteiger charge is -2.16. The summed E-state index contributed by atoms with van der Waals surface area (Å²) in [6, 6.07) is -0.170. The van der Waals surface area contributed by atoms with Crippen molar-refractivity contribution in [3.8, 4) is 0 Å². The number of aromatic nitrogens is 4. The van der Waals surface area contributed by atoms with Crippen LogP contribution in [-0.4, -0.2) is 38.1 Å². The van der Waals surface area contributed by atoms with Crippen LogP contribution in [-0.2, 0) is 13.1 Å². The summed E-state index contributed by atoms with van der Waals surface area (Å²) in [5.41, 5.74) is 0.912. The number of carbonyl (C=O) groups is 1. The zero-order valence-corrected chi connectivity index (χ0v) is 13.5. The first-order valence-corrected chi connectivity index (χ1v) is 7.65. The molecule has 0 fully saturated rings. The summed E-state index contributed by atoms with van der Waals surface area (Å²) >= 11 is 1.63. The second kappa shape index (κ2) is 6.66. The summed E-state index contributed by atoms with van der Waals surface area (Å²) in [6.45, 7) is 6.83. The lowest BCUT2D eigenvalue weighted by molar-refractivity contribution is 0.205. The number of amides is 2. The van der Waals surface area contributed by atoms with Gasteiger partial charge in [0.15, 0.2) is 5.82 Å². The Morgan fingerprint density at radius 2 is 2.24 bits per heavy atom. The van der Waals surface area contributed by atoms with E-state index >= 15 is 0 Å². The van der Waals surface area contributed by atoms with Crippen molar-refractivity contribution in [3.63, 3.8) is 0 Å². The second-order valence-corrected chi connectivity index (χ2v) is 6.07. The van der Waals surface area contributed by atoms with Crippen molar-refractivity contribution in [2.75, 3.05) is 7.05 Å². The van der Waals surface area contributed by atoms with E-state index in [1.165, 1.54) is 0 Å². The highest BCUT2D eigenvalue weighted by molar-refractivity contribution is 7.09. The summed E-state index contributed by atoms with van der Waals surface area (Å²) in [5, 5.41) is 12.6. The average molecular weight is 308 g/mol. The number of hydrogen-bond donors (Lipinski definition) is 2. The number of H-pyrrole nitrogens is 1. The Balaban J connectivity index is 1.84. The van der Waals surface area contributed by atoms with Gasteiger partial charge in [-0.3, -0.25) is 5.10 Å². The molecule has 2 N–H and O–H groups in total. The zero-order chi connectivity index (χ0) is 15.4. The van der Waals surface area contributed by atoms with E-state index in [-0.39, 0.29) is 6.03 Å². The fourth-order valence-electron chi connectivity index (χ4n) is 1.73. The standard InChI is InChI=1S/C13H20N6OS/c1-8(2)12-16-10(7-21-12)6-19(4)13(20)14-5-11-15-9(3)17-18-11/h7-8H,5-6H2,1-4H3,(H,14,20)(H,15,17,18). The number of carbonyl (C=O) groups excluding carboxylic acids is 1. The number of urea groups is 1. The summed E-state index contributed by atoms with van der Waals surface area (Å²) in [6.07, 6.45) is 0. The van der Waals surface area contributed by atoms with Crippen LogP contribution in [0.5, 0.6) is 0 Å². The number of rotatable bonds is 5. The van der Waals surface area contributed by atoms with E-state index in [1.807, 2.05) is 12.3 Å². The maximum atomic E-state index is 12.0. The van der Waals surface area contributed by atoms with Crippen molar-refractivity contribution >= 4 is 17.4 Å². The van der Waals surface area contributed by atoms with Crippen LogP contribution < -0.4 is 5.32 Å². The lowest BCUT2D eigenvalue weighted by atomic mass is 10.2. The normalized spacial score (nSPS) is 10.9. The van der Waals surface area contributed by atoms with Gasteiger partial charge in [0.2, 0.25) is 0 Å². The summed E-state index contributed by atoms with van der Waals surface area (Å²) in [4.78, 5) is 22.2. The topological polar surface area (TPSA) is 86.8 Å². The third-order valence-electron chi connectivity index (χ3n) is 2.85. The Hall–Kier alpha value is -1.96. The summed E-state index contributed by atoms with van der Waals surface area (Å²) in [5.74, 6) is 1.72. The molecule has 2 aromatic heterocycles. The van der Waals surface area contributed by atoms with Crippen molar-refractivity contribution in [2.24, 2.45) is 0 Å². The molecular formula is C13H20N6OS. The number of hydrogen-bond acceptors (Lipinski definition) is 5. The van der Waals surface area contributed by atoms with Gasteiger partial charge in [0.1, 0.15) is 5.82 Å². The average Bonchev–Trinajstić information content (AvgIpc) is 3.05. The number of aromatic amines is 1. The smallest absolute Gasteiger partial charge is 0.317 e. The highest BCUT2D eigenvalue weighted by Gasteiger charge is 2.12. The van der Waals surface area contributed by atoms with Gasteiger partial charge in [0, 0.05) is 18.3 Å². The third kappa shape index (κ3) is 4.25. The zero-order valence-electron chi connectivity index (χ0n) is 12.7. The summed E-state index contributed by atoms with van der Waals surface area (Å²) in [7, 11) is 1.74. The number of thiazole rings is 1. The van der Waals surface area contributed by atoms with Gasteiger partial charge in [-0.25, -0.2) is 14.8 Å². The molecule has 0 aromatic carbocycles. The minimum Gasteiger partial charge on any atom is -0.331 e. The van der Waals surface area contributed by atoms with Crippen molar-refractivity contribution in [3.05, 3.63) is 27.7 Å². The van der Waals surface area contributed by atoms with Gasteiger partial charge in [-0.2, -0.15) is 5.10 Å². The molecule has 8 heteroatoms. The van der Waals surface area contributed by atoms with Gasteiger partial charge in [-0.15, -0.1) is 11.3 Å². The number of aryl methyl sites for hydroxylation is 1. The molecule has 0 saturated carbocycles. The summed E-state index contributed by atoms with van der Waals surface area (Å²) < 4.78 is 0. The molecule has 2 rings (SSSR count). The molecule has 2 aromatic rings. The largest absolute Gasteiger partial charge is 0.331 e. The van der Waals surface area contributed by atoms with E-state index in [1.54, 1.807) is 23.3 Å². The van der Waals surface area contributed by atoms with Gasteiger partial charge in [-0.05, 0) is 6.92 Å². The molecule has 2 heterocycles. The Morgan fingerprint density at radius 1 is 1.48 bits per heavy atom. The Bertz CT molecular complexity index is 605. The predicted octanol–water partition coefficient (Wildman–Crippen LogP) is 2.03. The number of nitrogens with zero attached hydrogens (tertiary/aromatic N) is 4. The van der Waals surface area contributed by atoms with Gasteiger partial charge in [0.05, 0.1) is 23.8 Å². The van der Waals surface area contributed by atoms with Gasteiger partial charge < -0.3 is 10.2 Å². The first-order valence-electron chi connectivity index (χ1n) is 6.77. The molecule has 0 unspecified atom stereocenters. The Labute approximate surface area is 127 Å². The lowest BCUT2D eigenvalue weighted by Crippen LogP contribution is -2.36. The molecule has 0 aliphatic carbocycles. The highest BCUT2D eigenvalue weighted by atomic mass is 32.1. The van der Waals surface area contributed by atoms with Crippen LogP contribution in [0.2, 0.25) is 0 Å². The van der Waals surface area contributed by atoms with E-state index in [0.717, 1.165) is 16.5 Å². The van der Waals surface area contributed by atoms with Crippen molar-refractivity contribution in [1.29, 1.82) is 0 Å². The van der Waals surface area contributed by atoms with E-state index in [9.17, 15) is 4.79 Å². The van der Waals surface area contributed by atoms with Gasteiger partial charge >= 0.3 is 6.03 Å². The van der Waals surface area contributed by atoms with Crippen LogP contribution in [0.15, 0.2) is 5.38 Å². The predicted molar refractivity (Wildman–Crippen MR) is 81.0 cm³/mol. The fourth-order valence-corrected chi connectivity index (χ4v) is 2.56. The maximum Gasteiger partial charge on any atom is 0.317 e. The highest BCUT2D eigenvalue weighted by Crippen LogP contribution is 2.19. The second-order valence-electron chi connectivity index (χ2n) is 5.18. The third-order valence-corrected chi connectivity index (χ3v) is 4.04. The fraction of sp³-hybridized carbons (Fsp3) is 0.538. The molecular weight excluding hydrogens is 288 g/mol. The first-order chi connectivity index (χ1) is 9.95. The van der Waals surface area contributed by atoms with E-state index in [2.05, 4.69) is 39.3 Å². The van der Waals surface area contributed by atoms with Crippen LogP contribution in [0.1, 0.15) is 42.1 Å². The SMILES string of the molecule is Cc1nc(CNC(=O)N(C)Cc2csc(C(C)C)n2)n[nH]1. The first kappa shape index (κ1) is 15.4. The quantitative estimate of drug-likeness (QED) is 0.885. The molecule has 0 spiro atoms. The molecule has 0 bridgehead atoms. The van der Waals surface area contributed by atoms with Crippen LogP contribution in [0.25, 0.3) is 0 Å². The molecule has 0 aliphatic heterocycles. The maximum absolute atomic E-state index is 12.0. The molecule has 114 valence electrons. The molecule has 2 amide bonds. The van der Waals surface area contributed by atoms with Gasteiger partial charge in [0.25, 0.3) is 0 Å². The van der Waals surface area contributed by atoms with E-state index < -0.39 is 0 Å². The minimum absolute atomic E-state index is 0.170.